The van der Waals surface area contributed by atoms with E-state index in [-0.39, 0.29) is 0 Å². The van der Waals surface area contributed by atoms with Crippen molar-refractivity contribution in [2.75, 3.05) is 19.0 Å². The van der Waals surface area contributed by atoms with Crippen molar-refractivity contribution >= 4 is 5.95 Å². The molecule has 7 nitrogen and oxygen atoms in total. The summed E-state index contributed by atoms with van der Waals surface area (Å²) in [6.45, 7) is 2.53. The van der Waals surface area contributed by atoms with Crippen LogP contribution in [-0.4, -0.2) is 28.8 Å². The summed E-state index contributed by atoms with van der Waals surface area (Å²) in [6.07, 6.45) is 4.12. The number of ether oxygens (including phenoxy) is 1. The van der Waals surface area contributed by atoms with Gasteiger partial charge in [-0.3, -0.25) is 0 Å². The molecule has 0 spiro atoms. The maximum absolute atomic E-state index is 5.55. The maximum Gasteiger partial charge on any atom is 0.223 e. The molecule has 0 amide bonds. The second kappa shape index (κ2) is 7.96. The van der Waals surface area contributed by atoms with Crippen LogP contribution in [0.5, 0.6) is 5.75 Å². The predicted molar refractivity (Wildman–Crippen MR) is 105 cm³/mol. The Balaban J connectivity index is 1.56. The molecule has 28 heavy (non-hydrogen) atoms. The topological polar surface area (TPSA) is 86.2 Å². The van der Waals surface area contributed by atoms with E-state index in [0.29, 0.717) is 29.7 Å². The average molecular weight is 376 g/mol. The summed E-state index contributed by atoms with van der Waals surface area (Å²) in [5, 5.41) is 7.21. The Labute approximate surface area is 162 Å². The number of hydrogen-bond donors (Lipinski definition) is 1. The van der Waals surface area contributed by atoms with Crippen molar-refractivity contribution in [2.45, 2.75) is 13.3 Å². The van der Waals surface area contributed by atoms with Gasteiger partial charge in [-0.1, -0.05) is 23.4 Å². The van der Waals surface area contributed by atoms with Crippen molar-refractivity contribution in [2.24, 2.45) is 0 Å². The van der Waals surface area contributed by atoms with Gasteiger partial charge < -0.3 is 19.0 Å². The van der Waals surface area contributed by atoms with Crippen LogP contribution in [0.25, 0.3) is 22.8 Å². The summed E-state index contributed by atoms with van der Waals surface area (Å²) in [4.78, 5) is 9.07. The number of aromatic nitrogens is 3. The molecule has 4 aromatic rings. The molecule has 0 fully saturated rings. The number of aryl methyl sites for hydroxylation is 1. The Morgan fingerprint density at radius 1 is 1.11 bits per heavy atom. The summed E-state index contributed by atoms with van der Waals surface area (Å²) in [6, 6.07) is 13.5. The molecular formula is C21H20N4O3. The van der Waals surface area contributed by atoms with E-state index in [1.165, 1.54) is 0 Å². The predicted octanol–water partition coefficient (Wildman–Crippen LogP) is 4.36. The second-order valence-corrected chi connectivity index (χ2v) is 6.25. The third kappa shape index (κ3) is 3.73. The van der Waals surface area contributed by atoms with Crippen molar-refractivity contribution < 1.29 is 13.7 Å². The van der Waals surface area contributed by atoms with Gasteiger partial charge in [0.15, 0.2) is 11.5 Å². The van der Waals surface area contributed by atoms with E-state index in [1.54, 1.807) is 19.6 Å². The molecule has 3 heterocycles. The van der Waals surface area contributed by atoms with Crippen molar-refractivity contribution in [1.82, 2.24) is 15.1 Å². The van der Waals surface area contributed by atoms with Gasteiger partial charge in [-0.2, -0.15) is 0 Å². The first-order valence-electron chi connectivity index (χ1n) is 8.95. The van der Waals surface area contributed by atoms with Crippen LogP contribution in [0.15, 0.2) is 63.9 Å². The Morgan fingerprint density at radius 3 is 2.75 bits per heavy atom. The van der Waals surface area contributed by atoms with E-state index in [4.69, 9.17) is 13.7 Å². The lowest BCUT2D eigenvalue weighted by Gasteiger charge is -2.10. The minimum absolute atomic E-state index is 0.515. The number of furan rings is 1. The summed E-state index contributed by atoms with van der Waals surface area (Å²) < 4.78 is 16.3. The first kappa shape index (κ1) is 17.8. The van der Waals surface area contributed by atoms with Gasteiger partial charge in [0.25, 0.3) is 0 Å². The lowest BCUT2D eigenvalue weighted by Crippen LogP contribution is -2.09. The lowest BCUT2D eigenvalue weighted by molar-refractivity contribution is 0.410. The maximum atomic E-state index is 5.55. The first-order valence-corrected chi connectivity index (χ1v) is 8.95. The van der Waals surface area contributed by atoms with Crippen molar-refractivity contribution in [3.8, 4) is 28.5 Å². The molecule has 7 heteroatoms. The van der Waals surface area contributed by atoms with Gasteiger partial charge in [0, 0.05) is 18.8 Å². The van der Waals surface area contributed by atoms with Gasteiger partial charge in [0.05, 0.1) is 24.6 Å². The van der Waals surface area contributed by atoms with E-state index < -0.39 is 0 Å². The molecule has 0 aliphatic carbocycles. The van der Waals surface area contributed by atoms with E-state index in [9.17, 15) is 0 Å². The summed E-state index contributed by atoms with van der Waals surface area (Å²) in [5.41, 5.74) is 3.29. The molecule has 1 N–H and O–H groups in total. The van der Waals surface area contributed by atoms with Gasteiger partial charge in [0.2, 0.25) is 5.95 Å². The van der Waals surface area contributed by atoms with Crippen LogP contribution < -0.4 is 10.1 Å². The summed E-state index contributed by atoms with van der Waals surface area (Å²) >= 11 is 0. The minimum Gasteiger partial charge on any atom is -0.496 e. The Bertz CT molecular complexity index is 1060. The van der Waals surface area contributed by atoms with Crippen molar-refractivity contribution in [3.05, 3.63) is 66.2 Å². The van der Waals surface area contributed by atoms with E-state index in [0.717, 1.165) is 29.0 Å². The number of anilines is 1. The molecule has 0 saturated heterocycles. The third-order valence-corrected chi connectivity index (χ3v) is 4.31. The molecule has 0 saturated carbocycles. The van der Waals surface area contributed by atoms with Crippen LogP contribution in [-0.2, 0) is 6.42 Å². The van der Waals surface area contributed by atoms with Crippen LogP contribution in [0.1, 0.15) is 11.3 Å². The molecule has 0 unspecified atom stereocenters. The molecule has 0 aliphatic rings. The third-order valence-electron chi connectivity index (χ3n) is 4.31. The van der Waals surface area contributed by atoms with Gasteiger partial charge in [0.1, 0.15) is 11.4 Å². The molecule has 1 aromatic carbocycles. The molecule has 142 valence electrons. The van der Waals surface area contributed by atoms with Crippen LogP contribution in [0, 0.1) is 6.92 Å². The van der Waals surface area contributed by atoms with Crippen LogP contribution in [0.4, 0.5) is 5.95 Å². The van der Waals surface area contributed by atoms with Crippen molar-refractivity contribution in [3.63, 3.8) is 0 Å². The van der Waals surface area contributed by atoms with Gasteiger partial charge in [-0.15, -0.1) is 0 Å². The molecule has 0 radical (unpaired) electrons. The second-order valence-electron chi connectivity index (χ2n) is 6.25. The molecule has 0 bridgehead atoms. The quantitative estimate of drug-likeness (QED) is 0.513. The summed E-state index contributed by atoms with van der Waals surface area (Å²) in [7, 11) is 1.68. The summed E-state index contributed by atoms with van der Waals surface area (Å²) in [5.74, 6) is 2.63. The molecule has 0 aliphatic heterocycles. The Morgan fingerprint density at radius 2 is 2.00 bits per heavy atom. The molecule has 3 aromatic heterocycles. The molecule has 0 atom stereocenters. The zero-order valence-electron chi connectivity index (χ0n) is 15.7. The highest BCUT2D eigenvalue weighted by Gasteiger charge is 2.17. The number of benzene rings is 1. The van der Waals surface area contributed by atoms with Gasteiger partial charge in [-0.05, 0) is 37.1 Å². The van der Waals surface area contributed by atoms with Crippen LogP contribution in [0.3, 0.4) is 0 Å². The van der Waals surface area contributed by atoms with Gasteiger partial charge >= 0.3 is 0 Å². The zero-order valence-corrected chi connectivity index (χ0v) is 15.7. The van der Waals surface area contributed by atoms with Crippen LogP contribution in [0.2, 0.25) is 0 Å². The Hall–Kier alpha value is -3.61. The fraction of sp³-hybridized carbons (Fsp3) is 0.190. The number of nitrogens with zero attached hydrogens (tertiary/aromatic N) is 3. The fourth-order valence-corrected chi connectivity index (χ4v) is 2.96. The lowest BCUT2D eigenvalue weighted by atomic mass is 10.1. The number of hydrogen-bond acceptors (Lipinski definition) is 7. The van der Waals surface area contributed by atoms with Crippen molar-refractivity contribution in [1.29, 1.82) is 0 Å². The smallest absolute Gasteiger partial charge is 0.223 e. The SMILES string of the molecule is COc1ccccc1CCNc1ncc(-c2cc(C)no2)c(-c2ccco2)n1. The highest BCUT2D eigenvalue weighted by molar-refractivity contribution is 5.75. The average Bonchev–Trinajstić information content (AvgIpc) is 3.40. The number of nitrogens with one attached hydrogen (secondary N) is 1. The highest BCUT2D eigenvalue weighted by Crippen LogP contribution is 2.31. The number of para-hydroxylation sites is 1. The monoisotopic (exact) mass is 376 g/mol. The van der Waals surface area contributed by atoms with E-state index >= 15 is 0 Å². The molecule has 4 rings (SSSR count). The van der Waals surface area contributed by atoms with E-state index in [2.05, 4.69) is 20.4 Å². The highest BCUT2D eigenvalue weighted by atomic mass is 16.5. The van der Waals surface area contributed by atoms with Crippen LogP contribution >= 0.6 is 0 Å². The standard InChI is InChI=1S/C21H20N4O3/c1-14-12-19(28-25-14)16-13-23-21(24-20(16)18-8-5-11-27-18)22-10-9-15-6-3-4-7-17(15)26-2/h3-8,11-13H,9-10H2,1-2H3,(H,22,23,24). The number of methoxy groups -OCH3 is 1. The minimum atomic E-state index is 0.515. The zero-order chi connectivity index (χ0) is 19.3. The van der Waals surface area contributed by atoms with E-state index in [1.807, 2.05) is 49.4 Å². The Kier molecular flexibility index (Phi) is 5.05. The number of rotatable bonds is 7. The fourth-order valence-electron chi connectivity index (χ4n) is 2.96. The molecular weight excluding hydrogens is 356 g/mol. The largest absolute Gasteiger partial charge is 0.496 e. The van der Waals surface area contributed by atoms with Gasteiger partial charge in [-0.25, -0.2) is 9.97 Å². The first-order chi connectivity index (χ1) is 13.7. The normalized spacial score (nSPS) is 10.8.